The molecule has 2 rings (SSSR count). The van der Waals surface area contributed by atoms with Crippen molar-refractivity contribution in [2.75, 3.05) is 13.1 Å². The van der Waals surface area contributed by atoms with E-state index in [1.807, 2.05) is 40.6 Å². The molecule has 0 bridgehead atoms. The molecule has 0 aliphatic rings. The summed E-state index contributed by atoms with van der Waals surface area (Å²) in [5.41, 5.74) is 2.27. The normalized spacial score (nSPS) is 10.5. The summed E-state index contributed by atoms with van der Waals surface area (Å²) in [7, 11) is 0. The average Bonchev–Trinajstić information content (AvgIpc) is 3.10. The van der Waals surface area contributed by atoms with Crippen LogP contribution in [0.1, 0.15) is 42.2 Å². The van der Waals surface area contributed by atoms with E-state index >= 15 is 0 Å². The van der Waals surface area contributed by atoms with E-state index in [0.29, 0.717) is 26.1 Å². The summed E-state index contributed by atoms with van der Waals surface area (Å²) >= 11 is 1.66. The minimum absolute atomic E-state index is 0.0158. The lowest BCUT2D eigenvalue weighted by Crippen LogP contribution is -2.42. The summed E-state index contributed by atoms with van der Waals surface area (Å²) in [4.78, 5) is 30.3. The molecule has 0 aliphatic heterocycles. The minimum Gasteiger partial charge on any atom is -0.332 e. The van der Waals surface area contributed by atoms with Gasteiger partial charge in [0.25, 0.3) is 0 Å². The molecule has 0 saturated carbocycles. The van der Waals surface area contributed by atoms with Gasteiger partial charge < -0.3 is 9.80 Å². The van der Waals surface area contributed by atoms with Crippen molar-refractivity contribution in [1.82, 2.24) is 9.80 Å². The van der Waals surface area contributed by atoms with Gasteiger partial charge in [0.05, 0.1) is 6.54 Å². The monoisotopic (exact) mass is 398 g/mol. The number of unbranched alkanes of at least 4 members (excludes halogenated alkanes) is 1. The van der Waals surface area contributed by atoms with E-state index < -0.39 is 0 Å². The fourth-order valence-electron chi connectivity index (χ4n) is 2.94. The summed E-state index contributed by atoms with van der Waals surface area (Å²) in [5, 5.41) is 2.05. The van der Waals surface area contributed by atoms with Gasteiger partial charge in [0.2, 0.25) is 11.8 Å². The van der Waals surface area contributed by atoms with Gasteiger partial charge in [-0.05, 0) is 35.9 Å². The molecule has 0 unspecified atom stereocenters. The Balaban J connectivity index is 2.15. The van der Waals surface area contributed by atoms with Crippen LogP contribution in [0.4, 0.5) is 0 Å². The first-order valence-electron chi connectivity index (χ1n) is 9.78. The fourth-order valence-corrected chi connectivity index (χ4v) is 3.86. The third-order valence-electron chi connectivity index (χ3n) is 4.64. The molecule has 0 fully saturated rings. The number of hydrogen-bond donors (Lipinski definition) is 0. The van der Waals surface area contributed by atoms with Crippen molar-refractivity contribution in [3.8, 4) is 0 Å². The number of carbonyl (C=O) groups excluding carboxylic acids is 2. The number of aryl methyl sites for hydroxylation is 1. The van der Waals surface area contributed by atoms with Crippen LogP contribution in [0.3, 0.4) is 0 Å². The fraction of sp³-hybridized carbons (Fsp3) is 0.391. The highest BCUT2D eigenvalue weighted by Crippen LogP contribution is 2.19. The van der Waals surface area contributed by atoms with Crippen molar-refractivity contribution in [2.24, 2.45) is 0 Å². The van der Waals surface area contributed by atoms with Crippen LogP contribution in [0.15, 0.2) is 54.4 Å². The summed E-state index contributed by atoms with van der Waals surface area (Å²) in [6.07, 6.45) is 3.95. The predicted octanol–water partition coefficient (Wildman–Crippen LogP) is 4.79. The molecule has 2 aromatic rings. The number of thiophene rings is 1. The van der Waals surface area contributed by atoms with E-state index in [1.165, 1.54) is 10.4 Å². The molecule has 5 heteroatoms. The second-order valence-corrected chi connectivity index (χ2v) is 7.93. The van der Waals surface area contributed by atoms with E-state index in [1.54, 1.807) is 22.3 Å². The van der Waals surface area contributed by atoms with Crippen LogP contribution in [0.5, 0.6) is 0 Å². The zero-order chi connectivity index (χ0) is 20.4. The average molecular weight is 399 g/mol. The topological polar surface area (TPSA) is 40.6 Å². The first kappa shape index (κ1) is 21.9. The van der Waals surface area contributed by atoms with Gasteiger partial charge in [-0.3, -0.25) is 9.59 Å². The molecule has 28 heavy (non-hydrogen) atoms. The number of nitrogens with zero attached hydrogens (tertiary/aromatic N) is 2. The Morgan fingerprint density at radius 3 is 2.43 bits per heavy atom. The summed E-state index contributed by atoms with van der Waals surface area (Å²) in [6, 6.07) is 12.0. The minimum atomic E-state index is -0.0386. The van der Waals surface area contributed by atoms with Crippen molar-refractivity contribution < 1.29 is 9.59 Å². The van der Waals surface area contributed by atoms with Crippen LogP contribution in [0, 0.1) is 6.92 Å². The van der Waals surface area contributed by atoms with Gasteiger partial charge in [0.15, 0.2) is 0 Å². The Morgan fingerprint density at radius 1 is 1.07 bits per heavy atom. The third kappa shape index (κ3) is 6.64. The van der Waals surface area contributed by atoms with Crippen LogP contribution >= 0.6 is 11.3 Å². The molecule has 0 radical (unpaired) electrons. The lowest BCUT2D eigenvalue weighted by molar-refractivity contribution is -0.140. The van der Waals surface area contributed by atoms with Crippen LogP contribution < -0.4 is 0 Å². The van der Waals surface area contributed by atoms with E-state index in [4.69, 9.17) is 0 Å². The zero-order valence-corrected chi connectivity index (χ0v) is 17.7. The van der Waals surface area contributed by atoms with Crippen LogP contribution in [0.25, 0.3) is 0 Å². The highest BCUT2D eigenvalue weighted by molar-refractivity contribution is 7.10. The summed E-state index contributed by atoms with van der Waals surface area (Å²) < 4.78 is 0. The van der Waals surface area contributed by atoms with Gasteiger partial charge in [0, 0.05) is 24.4 Å². The molecule has 4 nitrogen and oxygen atoms in total. The molecular weight excluding hydrogens is 368 g/mol. The maximum Gasteiger partial charge on any atom is 0.242 e. The molecule has 0 spiro atoms. The highest BCUT2D eigenvalue weighted by Gasteiger charge is 2.21. The van der Waals surface area contributed by atoms with E-state index in [2.05, 4.69) is 26.5 Å². The number of hydrogen-bond acceptors (Lipinski definition) is 3. The lowest BCUT2D eigenvalue weighted by Gasteiger charge is -2.27. The Morgan fingerprint density at radius 2 is 1.82 bits per heavy atom. The Hall–Kier alpha value is -2.40. The van der Waals surface area contributed by atoms with E-state index in [9.17, 15) is 9.59 Å². The predicted molar refractivity (Wildman–Crippen MR) is 116 cm³/mol. The first-order chi connectivity index (χ1) is 13.5. The number of carbonyl (C=O) groups is 2. The summed E-state index contributed by atoms with van der Waals surface area (Å²) in [5.74, 6) is -0.0228. The Kier molecular flexibility index (Phi) is 8.95. The molecule has 0 saturated heterocycles. The number of amides is 2. The van der Waals surface area contributed by atoms with Gasteiger partial charge >= 0.3 is 0 Å². The number of benzene rings is 1. The molecule has 150 valence electrons. The second kappa shape index (κ2) is 11.4. The van der Waals surface area contributed by atoms with Gasteiger partial charge in [-0.15, -0.1) is 17.9 Å². The SMILES string of the molecule is C=CCN(CC(=O)N(Cc1ccccc1)Cc1sccc1C)C(=O)CCCC. The molecule has 0 N–H and O–H groups in total. The molecule has 1 aromatic carbocycles. The van der Waals surface area contributed by atoms with Gasteiger partial charge in [-0.25, -0.2) is 0 Å². The van der Waals surface area contributed by atoms with E-state index in [-0.39, 0.29) is 18.4 Å². The molecule has 1 aromatic heterocycles. The smallest absolute Gasteiger partial charge is 0.242 e. The van der Waals surface area contributed by atoms with Crippen molar-refractivity contribution in [3.05, 3.63) is 70.4 Å². The van der Waals surface area contributed by atoms with Gasteiger partial charge in [-0.2, -0.15) is 0 Å². The number of rotatable bonds is 11. The van der Waals surface area contributed by atoms with Crippen molar-refractivity contribution in [2.45, 2.75) is 46.2 Å². The van der Waals surface area contributed by atoms with Gasteiger partial charge in [-0.1, -0.05) is 49.8 Å². The maximum atomic E-state index is 13.2. The molecule has 2 amide bonds. The largest absolute Gasteiger partial charge is 0.332 e. The van der Waals surface area contributed by atoms with Crippen molar-refractivity contribution >= 4 is 23.2 Å². The lowest BCUT2D eigenvalue weighted by atomic mass is 10.2. The van der Waals surface area contributed by atoms with Crippen LogP contribution in [-0.4, -0.2) is 34.7 Å². The highest BCUT2D eigenvalue weighted by atomic mass is 32.1. The molecule has 0 aliphatic carbocycles. The molecule has 0 atom stereocenters. The van der Waals surface area contributed by atoms with Crippen molar-refractivity contribution in [3.63, 3.8) is 0 Å². The van der Waals surface area contributed by atoms with Crippen molar-refractivity contribution in [1.29, 1.82) is 0 Å². The standard InChI is InChI=1S/C23H30N2O2S/c1-4-6-12-22(26)24(14-5-2)18-23(27)25(16-20-10-8-7-9-11-20)17-21-19(3)13-15-28-21/h5,7-11,13,15H,2,4,6,12,14,16-18H2,1,3H3. The summed E-state index contributed by atoms with van der Waals surface area (Å²) in [6.45, 7) is 9.43. The molecular formula is C23H30N2O2S. The van der Waals surface area contributed by atoms with E-state index in [0.717, 1.165) is 18.4 Å². The maximum absolute atomic E-state index is 13.2. The first-order valence-corrected chi connectivity index (χ1v) is 10.7. The van der Waals surface area contributed by atoms with Crippen LogP contribution in [0.2, 0.25) is 0 Å². The Bertz CT molecular complexity index is 770. The van der Waals surface area contributed by atoms with Crippen LogP contribution in [-0.2, 0) is 22.7 Å². The second-order valence-electron chi connectivity index (χ2n) is 6.93. The third-order valence-corrected chi connectivity index (χ3v) is 5.65. The van der Waals surface area contributed by atoms with Gasteiger partial charge in [0.1, 0.15) is 6.54 Å². The quantitative estimate of drug-likeness (QED) is 0.511. The zero-order valence-electron chi connectivity index (χ0n) is 16.9. The Labute approximate surface area is 172 Å². The molecule has 1 heterocycles.